The maximum absolute atomic E-state index is 8.61. The highest BCUT2D eigenvalue weighted by Gasteiger charge is 1.98. The number of aliphatic hydroxyl groups excluding tert-OH is 1. The average molecular weight is 273 g/mol. The van der Waals surface area contributed by atoms with Gasteiger partial charge in [-0.25, -0.2) is 0 Å². The minimum absolute atomic E-state index is 0.263. The largest absolute Gasteiger partial charge is 0.494 e. The molecule has 0 radical (unpaired) electrons. The summed E-state index contributed by atoms with van der Waals surface area (Å²) in [5.74, 6) is 0.892. The van der Waals surface area contributed by atoms with E-state index in [1.165, 1.54) is 6.42 Å². The Morgan fingerprint density at radius 2 is 2.06 bits per heavy atom. The van der Waals surface area contributed by atoms with Gasteiger partial charge in [0.25, 0.3) is 0 Å². The zero-order valence-corrected chi connectivity index (χ0v) is 11.7. The highest BCUT2D eigenvalue weighted by molar-refractivity contribution is 6.31. The van der Waals surface area contributed by atoms with Crippen molar-refractivity contribution in [2.45, 2.75) is 26.2 Å². The Kier molecular flexibility index (Phi) is 7.81. The minimum atomic E-state index is 0.263. The standard InChI is InChI=1S/C14H22ClNO2/c1-12-11-13(5-6-14(12)15)18-10-4-2-3-7-16-8-9-17/h5-6,11,16-17H,2-4,7-10H2,1H3/p+1. The molecule has 1 aromatic carbocycles. The molecule has 0 amide bonds. The van der Waals surface area contributed by atoms with Crippen LogP contribution in [-0.4, -0.2) is 31.4 Å². The van der Waals surface area contributed by atoms with Gasteiger partial charge in [0.2, 0.25) is 0 Å². The highest BCUT2D eigenvalue weighted by Crippen LogP contribution is 2.21. The van der Waals surface area contributed by atoms with Crippen LogP contribution >= 0.6 is 11.6 Å². The number of hydrogen-bond donors (Lipinski definition) is 2. The van der Waals surface area contributed by atoms with Gasteiger partial charge in [0, 0.05) is 5.02 Å². The molecule has 0 aliphatic heterocycles. The third-order valence-corrected chi connectivity index (χ3v) is 3.21. The van der Waals surface area contributed by atoms with Gasteiger partial charge < -0.3 is 15.2 Å². The molecule has 0 bridgehead atoms. The maximum Gasteiger partial charge on any atom is 0.119 e. The van der Waals surface area contributed by atoms with Crippen molar-refractivity contribution < 1.29 is 15.2 Å². The van der Waals surface area contributed by atoms with E-state index in [1.54, 1.807) is 0 Å². The molecule has 1 aromatic rings. The van der Waals surface area contributed by atoms with Crippen molar-refractivity contribution in [3.63, 3.8) is 0 Å². The predicted molar refractivity (Wildman–Crippen MR) is 74.3 cm³/mol. The summed E-state index contributed by atoms with van der Waals surface area (Å²) < 4.78 is 5.66. The topological polar surface area (TPSA) is 46.1 Å². The van der Waals surface area contributed by atoms with Crippen LogP contribution < -0.4 is 10.1 Å². The van der Waals surface area contributed by atoms with Crippen LogP contribution in [0, 0.1) is 6.92 Å². The summed E-state index contributed by atoms with van der Waals surface area (Å²) in [5, 5.41) is 11.5. The van der Waals surface area contributed by atoms with Gasteiger partial charge in [0.05, 0.1) is 26.3 Å². The summed E-state index contributed by atoms with van der Waals surface area (Å²) in [7, 11) is 0. The van der Waals surface area contributed by atoms with E-state index in [4.69, 9.17) is 21.4 Å². The van der Waals surface area contributed by atoms with E-state index in [-0.39, 0.29) is 6.61 Å². The molecule has 0 spiro atoms. The van der Waals surface area contributed by atoms with Crippen molar-refractivity contribution in [3.8, 4) is 5.75 Å². The Bertz CT molecular complexity index is 345. The first-order valence-electron chi connectivity index (χ1n) is 6.55. The lowest BCUT2D eigenvalue weighted by Crippen LogP contribution is -2.85. The number of rotatable bonds is 9. The molecule has 0 saturated carbocycles. The maximum atomic E-state index is 8.61. The number of unbranched alkanes of at least 4 members (excludes halogenated alkanes) is 2. The molecule has 18 heavy (non-hydrogen) atoms. The molecule has 102 valence electrons. The predicted octanol–water partition coefficient (Wildman–Crippen LogP) is 1.75. The molecule has 0 heterocycles. The van der Waals surface area contributed by atoms with E-state index in [1.807, 2.05) is 25.1 Å². The number of nitrogens with two attached hydrogens (primary N) is 1. The molecule has 0 saturated heterocycles. The van der Waals surface area contributed by atoms with Gasteiger partial charge in [-0.3, -0.25) is 0 Å². The lowest BCUT2D eigenvalue weighted by Gasteiger charge is -2.07. The second kappa shape index (κ2) is 9.20. The molecular weight excluding hydrogens is 250 g/mol. The fourth-order valence-electron chi connectivity index (χ4n) is 1.70. The number of hydrogen-bond acceptors (Lipinski definition) is 2. The third kappa shape index (κ3) is 6.24. The number of halogens is 1. The lowest BCUT2D eigenvalue weighted by atomic mass is 10.2. The molecule has 1 rings (SSSR count). The van der Waals surface area contributed by atoms with Crippen LogP contribution in [0.2, 0.25) is 5.02 Å². The molecule has 0 fully saturated rings. The van der Waals surface area contributed by atoms with E-state index in [0.717, 1.165) is 48.9 Å². The molecule has 4 heteroatoms. The molecular formula is C14H23ClNO2+. The van der Waals surface area contributed by atoms with Crippen LogP contribution in [0.4, 0.5) is 0 Å². The van der Waals surface area contributed by atoms with Gasteiger partial charge in [-0.05, 0) is 49.9 Å². The van der Waals surface area contributed by atoms with Crippen LogP contribution in [0.15, 0.2) is 18.2 Å². The fraction of sp³-hybridized carbons (Fsp3) is 0.571. The van der Waals surface area contributed by atoms with E-state index in [9.17, 15) is 0 Å². The van der Waals surface area contributed by atoms with Crippen molar-refractivity contribution in [2.24, 2.45) is 0 Å². The summed E-state index contributed by atoms with van der Waals surface area (Å²) >= 11 is 5.95. The summed E-state index contributed by atoms with van der Waals surface area (Å²) in [4.78, 5) is 0. The molecule has 3 N–H and O–H groups in total. The SMILES string of the molecule is Cc1cc(OCCCCC[NH2+]CCO)ccc1Cl. The van der Waals surface area contributed by atoms with Gasteiger partial charge in [0.15, 0.2) is 0 Å². The monoisotopic (exact) mass is 272 g/mol. The molecule has 0 aliphatic carbocycles. The number of quaternary nitrogens is 1. The summed E-state index contributed by atoms with van der Waals surface area (Å²) in [6, 6.07) is 5.75. The number of aryl methyl sites for hydroxylation is 1. The second-order valence-electron chi connectivity index (χ2n) is 4.41. The summed E-state index contributed by atoms with van der Waals surface area (Å²) in [6.45, 7) is 4.88. The quantitative estimate of drug-likeness (QED) is 0.673. The van der Waals surface area contributed by atoms with Crippen LogP contribution in [0.5, 0.6) is 5.75 Å². The van der Waals surface area contributed by atoms with Crippen molar-refractivity contribution in [2.75, 3.05) is 26.3 Å². The van der Waals surface area contributed by atoms with Crippen LogP contribution in [0.3, 0.4) is 0 Å². The zero-order chi connectivity index (χ0) is 13.2. The molecule has 0 aromatic heterocycles. The second-order valence-corrected chi connectivity index (χ2v) is 4.82. The van der Waals surface area contributed by atoms with E-state index < -0.39 is 0 Å². The highest BCUT2D eigenvalue weighted by atomic mass is 35.5. The van der Waals surface area contributed by atoms with Crippen molar-refractivity contribution >= 4 is 11.6 Å². The molecule has 0 unspecified atom stereocenters. The smallest absolute Gasteiger partial charge is 0.119 e. The first-order chi connectivity index (χ1) is 8.74. The summed E-state index contributed by atoms with van der Waals surface area (Å²) in [6.07, 6.45) is 3.39. The Morgan fingerprint density at radius 1 is 1.22 bits per heavy atom. The Labute approximate surface area is 114 Å². The van der Waals surface area contributed by atoms with Gasteiger partial charge in [-0.2, -0.15) is 0 Å². The van der Waals surface area contributed by atoms with Crippen molar-refractivity contribution in [1.29, 1.82) is 0 Å². The normalized spacial score (nSPS) is 10.6. The third-order valence-electron chi connectivity index (χ3n) is 2.78. The zero-order valence-electron chi connectivity index (χ0n) is 11.0. The summed E-state index contributed by atoms with van der Waals surface area (Å²) in [5.41, 5.74) is 1.05. The van der Waals surface area contributed by atoms with Crippen LogP contribution in [-0.2, 0) is 0 Å². The van der Waals surface area contributed by atoms with E-state index in [0.29, 0.717) is 0 Å². The Hall–Kier alpha value is -0.770. The fourth-order valence-corrected chi connectivity index (χ4v) is 1.82. The van der Waals surface area contributed by atoms with Gasteiger partial charge in [-0.15, -0.1) is 0 Å². The van der Waals surface area contributed by atoms with Gasteiger partial charge >= 0.3 is 0 Å². The molecule has 0 aliphatic rings. The first-order valence-corrected chi connectivity index (χ1v) is 6.93. The first kappa shape index (κ1) is 15.3. The lowest BCUT2D eigenvalue weighted by molar-refractivity contribution is -0.656. The van der Waals surface area contributed by atoms with Gasteiger partial charge in [-0.1, -0.05) is 11.6 Å². The Morgan fingerprint density at radius 3 is 2.78 bits per heavy atom. The number of ether oxygens (including phenoxy) is 1. The van der Waals surface area contributed by atoms with Gasteiger partial charge in [0.1, 0.15) is 5.75 Å². The van der Waals surface area contributed by atoms with Crippen molar-refractivity contribution in [1.82, 2.24) is 0 Å². The number of aliphatic hydroxyl groups is 1. The van der Waals surface area contributed by atoms with Crippen LogP contribution in [0.25, 0.3) is 0 Å². The van der Waals surface area contributed by atoms with Crippen LogP contribution in [0.1, 0.15) is 24.8 Å². The molecule has 3 nitrogen and oxygen atoms in total. The number of benzene rings is 1. The van der Waals surface area contributed by atoms with E-state index in [2.05, 4.69) is 5.32 Å². The average Bonchev–Trinajstić information content (AvgIpc) is 2.37. The van der Waals surface area contributed by atoms with Crippen molar-refractivity contribution in [3.05, 3.63) is 28.8 Å². The van der Waals surface area contributed by atoms with E-state index >= 15 is 0 Å². The Balaban J connectivity index is 2.05. The minimum Gasteiger partial charge on any atom is -0.494 e. The molecule has 0 atom stereocenters.